The van der Waals surface area contributed by atoms with Crippen molar-refractivity contribution < 1.29 is 35.8 Å². The average Bonchev–Trinajstić information content (AvgIpc) is 3.04. The molecule has 0 saturated heterocycles. The number of aromatic nitrogens is 5. The summed E-state index contributed by atoms with van der Waals surface area (Å²) in [5.74, 6) is -2.91. The van der Waals surface area contributed by atoms with Crippen molar-refractivity contribution in [1.82, 2.24) is 24.8 Å². The molecule has 3 heterocycles. The molecule has 0 spiro atoms. The Labute approximate surface area is 152 Å². The summed E-state index contributed by atoms with van der Waals surface area (Å²) in [5.41, 5.74) is -0.00977. The van der Waals surface area contributed by atoms with Crippen molar-refractivity contribution >= 4 is 5.65 Å². The predicted molar refractivity (Wildman–Crippen MR) is 81.0 cm³/mol. The van der Waals surface area contributed by atoms with Crippen molar-refractivity contribution in [2.24, 2.45) is 0 Å². The zero-order valence-corrected chi connectivity index (χ0v) is 14.0. The number of rotatable bonds is 6. The van der Waals surface area contributed by atoms with Crippen LogP contribution in [0.4, 0.5) is 26.3 Å². The van der Waals surface area contributed by atoms with E-state index in [0.717, 1.165) is 16.8 Å². The van der Waals surface area contributed by atoms with Crippen LogP contribution < -0.4 is 4.74 Å². The van der Waals surface area contributed by atoms with E-state index in [9.17, 15) is 26.3 Å². The topological polar surface area (TPSA) is 74.4 Å². The van der Waals surface area contributed by atoms with Crippen LogP contribution in [0.2, 0.25) is 0 Å². The van der Waals surface area contributed by atoms with Crippen molar-refractivity contribution in [3.63, 3.8) is 0 Å². The first kappa shape index (κ1) is 19.8. The molecular weight excluding hydrogens is 396 g/mol. The van der Waals surface area contributed by atoms with Gasteiger partial charge in [0.25, 0.3) is 11.7 Å². The Morgan fingerprint density at radius 2 is 1.86 bits per heavy atom. The normalized spacial score (nSPS) is 12.5. The number of alkyl halides is 5. The van der Waals surface area contributed by atoms with Crippen molar-refractivity contribution in [1.29, 1.82) is 0 Å². The lowest BCUT2D eigenvalue weighted by Gasteiger charge is -2.13. The van der Waals surface area contributed by atoms with Crippen LogP contribution in [0.1, 0.15) is 12.7 Å². The van der Waals surface area contributed by atoms with Crippen LogP contribution in [0.15, 0.2) is 24.4 Å². The fourth-order valence-corrected chi connectivity index (χ4v) is 2.19. The Bertz CT molecular complexity index is 991. The third-order valence-electron chi connectivity index (χ3n) is 3.32. The van der Waals surface area contributed by atoms with E-state index >= 15 is 0 Å². The van der Waals surface area contributed by atoms with Crippen LogP contribution in [0, 0.1) is 5.82 Å². The Morgan fingerprint density at radius 1 is 1.11 bits per heavy atom. The average molecular weight is 407 g/mol. The molecule has 3 aromatic heterocycles. The van der Waals surface area contributed by atoms with Gasteiger partial charge in [-0.3, -0.25) is 0 Å². The van der Waals surface area contributed by atoms with Gasteiger partial charge in [-0.25, -0.2) is 9.37 Å². The fraction of sp³-hybridized carbons (Fsp3) is 0.333. The molecule has 150 valence electrons. The number of pyridine rings is 1. The van der Waals surface area contributed by atoms with Crippen LogP contribution in [0.5, 0.6) is 5.88 Å². The largest absolute Gasteiger partial charge is 0.466 e. The van der Waals surface area contributed by atoms with Gasteiger partial charge in [-0.05, 0) is 25.1 Å². The van der Waals surface area contributed by atoms with Crippen molar-refractivity contribution in [2.75, 3.05) is 13.2 Å². The summed E-state index contributed by atoms with van der Waals surface area (Å²) >= 11 is 0. The second-order valence-corrected chi connectivity index (χ2v) is 5.38. The molecule has 7 nitrogen and oxygen atoms in total. The third-order valence-corrected chi connectivity index (χ3v) is 3.32. The zero-order valence-electron chi connectivity index (χ0n) is 14.0. The number of hydrogen-bond donors (Lipinski definition) is 0. The SMILES string of the molecule is CCOC(F)(F)c1nnc2ccc(-c3cnc(OCC(F)(F)F)c(F)c3)nn12. The summed E-state index contributed by atoms with van der Waals surface area (Å²) in [6.45, 7) is -0.639. The summed E-state index contributed by atoms with van der Waals surface area (Å²) in [5, 5.41) is 10.8. The molecule has 0 amide bonds. The second kappa shape index (κ2) is 7.22. The molecule has 0 radical (unpaired) electrons. The molecule has 0 aliphatic rings. The van der Waals surface area contributed by atoms with E-state index in [1.54, 1.807) is 0 Å². The molecule has 0 aliphatic heterocycles. The van der Waals surface area contributed by atoms with Gasteiger partial charge < -0.3 is 9.47 Å². The molecular formula is C15H11F6N5O2. The molecule has 0 atom stereocenters. The molecule has 0 bridgehead atoms. The minimum Gasteiger partial charge on any atom is -0.466 e. The van der Waals surface area contributed by atoms with E-state index in [1.807, 2.05) is 0 Å². The van der Waals surface area contributed by atoms with E-state index < -0.39 is 36.4 Å². The van der Waals surface area contributed by atoms with Crippen LogP contribution in [-0.4, -0.2) is 44.2 Å². The molecule has 0 N–H and O–H groups in total. The zero-order chi connectivity index (χ0) is 20.5. The molecule has 0 fully saturated rings. The fourth-order valence-electron chi connectivity index (χ4n) is 2.19. The number of ether oxygens (including phenoxy) is 2. The lowest BCUT2D eigenvalue weighted by atomic mass is 10.2. The van der Waals surface area contributed by atoms with Crippen LogP contribution in [0.25, 0.3) is 16.9 Å². The smallest absolute Gasteiger partial charge is 0.422 e. The van der Waals surface area contributed by atoms with E-state index in [4.69, 9.17) is 0 Å². The highest BCUT2D eigenvalue weighted by Crippen LogP contribution is 2.29. The van der Waals surface area contributed by atoms with Gasteiger partial charge in [0.1, 0.15) is 0 Å². The first-order chi connectivity index (χ1) is 13.1. The minimum atomic E-state index is -4.66. The minimum absolute atomic E-state index is 0.00498. The van der Waals surface area contributed by atoms with Gasteiger partial charge in [0.2, 0.25) is 0 Å². The van der Waals surface area contributed by atoms with Gasteiger partial charge >= 0.3 is 12.3 Å². The predicted octanol–water partition coefficient (Wildman–Crippen LogP) is 3.35. The number of fused-ring (bicyclic) bond motifs is 1. The molecule has 3 rings (SSSR count). The molecule has 0 aliphatic carbocycles. The molecule has 0 aromatic carbocycles. The van der Waals surface area contributed by atoms with E-state index in [0.29, 0.717) is 0 Å². The second-order valence-electron chi connectivity index (χ2n) is 5.38. The third kappa shape index (κ3) is 4.13. The summed E-state index contributed by atoms with van der Waals surface area (Å²) in [7, 11) is 0. The monoisotopic (exact) mass is 407 g/mol. The molecule has 0 unspecified atom stereocenters. The van der Waals surface area contributed by atoms with Crippen molar-refractivity contribution in [3.8, 4) is 17.1 Å². The maximum absolute atomic E-state index is 14.0. The Hall–Kier alpha value is -2.96. The maximum Gasteiger partial charge on any atom is 0.422 e. The summed E-state index contributed by atoms with van der Waals surface area (Å²) in [6.07, 6.45) is -7.43. The van der Waals surface area contributed by atoms with Gasteiger partial charge in [0.15, 0.2) is 18.1 Å². The van der Waals surface area contributed by atoms with Crippen LogP contribution in [-0.2, 0) is 10.8 Å². The quantitative estimate of drug-likeness (QED) is 0.584. The number of halogens is 6. The molecule has 0 saturated carbocycles. The summed E-state index contributed by atoms with van der Waals surface area (Å²) in [4.78, 5) is 3.48. The molecule has 3 aromatic rings. The first-order valence-electron chi connectivity index (χ1n) is 7.71. The highest BCUT2D eigenvalue weighted by atomic mass is 19.4. The maximum atomic E-state index is 14.0. The van der Waals surface area contributed by atoms with Crippen LogP contribution >= 0.6 is 0 Å². The lowest BCUT2D eigenvalue weighted by Crippen LogP contribution is -2.22. The van der Waals surface area contributed by atoms with Gasteiger partial charge in [-0.15, -0.1) is 10.2 Å². The van der Waals surface area contributed by atoms with E-state index in [1.165, 1.54) is 19.1 Å². The van der Waals surface area contributed by atoms with Crippen molar-refractivity contribution in [2.45, 2.75) is 19.2 Å². The highest BCUT2D eigenvalue weighted by molar-refractivity contribution is 5.59. The van der Waals surface area contributed by atoms with E-state index in [2.05, 4.69) is 29.8 Å². The Morgan fingerprint density at radius 3 is 2.50 bits per heavy atom. The standard InChI is InChI=1S/C15H11F6N5O2/c1-2-28-15(20,21)13-24-23-11-4-3-10(25-26(11)13)8-5-9(16)12(22-6-8)27-7-14(17,18)19/h3-6H,2,7H2,1H3. The molecule has 28 heavy (non-hydrogen) atoms. The Kier molecular flexibility index (Phi) is 5.10. The summed E-state index contributed by atoms with van der Waals surface area (Å²) in [6, 6.07) is 3.45. The van der Waals surface area contributed by atoms with Gasteiger partial charge in [0.05, 0.1) is 12.3 Å². The van der Waals surface area contributed by atoms with Gasteiger partial charge in [0, 0.05) is 11.8 Å². The van der Waals surface area contributed by atoms with E-state index in [-0.39, 0.29) is 23.5 Å². The highest BCUT2D eigenvalue weighted by Gasteiger charge is 2.39. The van der Waals surface area contributed by atoms with Crippen LogP contribution in [0.3, 0.4) is 0 Å². The van der Waals surface area contributed by atoms with Gasteiger partial charge in [-0.2, -0.15) is 31.6 Å². The molecule has 13 heteroatoms. The first-order valence-corrected chi connectivity index (χ1v) is 7.71. The number of hydrogen-bond acceptors (Lipinski definition) is 6. The summed E-state index contributed by atoms with van der Waals surface area (Å²) < 4.78 is 87.7. The van der Waals surface area contributed by atoms with Gasteiger partial charge in [-0.1, -0.05) is 0 Å². The van der Waals surface area contributed by atoms with Crippen molar-refractivity contribution in [3.05, 3.63) is 36.0 Å². The Balaban J connectivity index is 1.94. The lowest BCUT2D eigenvalue weighted by molar-refractivity contribution is -0.252. The number of nitrogens with zero attached hydrogens (tertiary/aromatic N) is 5.